The van der Waals surface area contributed by atoms with Crippen molar-refractivity contribution in [3.63, 3.8) is 0 Å². The molecule has 2 N–H and O–H groups in total. The minimum atomic E-state index is -0.335. The van der Waals surface area contributed by atoms with Crippen LogP contribution in [0.3, 0.4) is 0 Å². The summed E-state index contributed by atoms with van der Waals surface area (Å²) >= 11 is 1.40. The van der Waals surface area contributed by atoms with Crippen molar-refractivity contribution in [1.82, 2.24) is 14.9 Å². The van der Waals surface area contributed by atoms with E-state index in [1.807, 2.05) is 6.26 Å². The van der Waals surface area contributed by atoms with Gasteiger partial charge in [0.05, 0.1) is 6.20 Å². The molecule has 1 aromatic heterocycles. The van der Waals surface area contributed by atoms with Crippen LogP contribution < -0.4 is 5.32 Å². The van der Waals surface area contributed by atoms with E-state index >= 15 is 0 Å². The third kappa shape index (κ3) is 3.62. The Morgan fingerprint density at radius 3 is 2.76 bits per heavy atom. The van der Waals surface area contributed by atoms with E-state index in [0.717, 1.165) is 0 Å². The molecule has 21 heavy (non-hydrogen) atoms. The van der Waals surface area contributed by atoms with Gasteiger partial charge in [-0.25, -0.2) is 9.37 Å². The normalized spacial score (nSPS) is 10.6. The molecule has 0 aliphatic heterocycles. The molecule has 0 aliphatic carbocycles. The Balaban J connectivity index is 2.32. The number of aromatic nitrogens is 2. The molecule has 0 fully saturated rings. The van der Waals surface area contributed by atoms with E-state index in [4.69, 9.17) is 5.11 Å². The van der Waals surface area contributed by atoms with Gasteiger partial charge in [-0.05, 0) is 36.9 Å². The Morgan fingerprint density at radius 1 is 1.43 bits per heavy atom. The molecule has 7 heteroatoms. The van der Waals surface area contributed by atoms with Crippen LogP contribution in [0.2, 0.25) is 0 Å². The number of halogens is 1. The van der Waals surface area contributed by atoms with Crippen LogP contribution in [0.5, 0.6) is 0 Å². The van der Waals surface area contributed by atoms with Crippen LogP contribution >= 0.6 is 11.8 Å². The molecule has 0 unspecified atom stereocenters. The molecule has 0 aliphatic rings. The molecule has 1 amide bonds. The summed E-state index contributed by atoms with van der Waals surface area (Å²) < 4.78 is 14.7. The number of hydrogen-bond donors (Lipinski definition) is 2. The lowest BCUT2D eigenvalue weighted by atomic mass is 10.3. The van der Waals surface area contributed by atoms with Gasteiger partial charge in [0.25, 0.3) is 5.91 Å². The average molecular weight is 309 g/mol. The van der Waals surface area contributed by atoms with E-state index in [1.165, 1.54) is 30.1 Å². The third-order valence-corrected chi connectivity index (χ3v) is 3.50. The number of carbonyl (C=O) groups is 1. The predicted molar refractivity (Wildman–Crippen MR) is 79.3 cm³/mol. The van der Waals surface area contributed by atoms with Gasteiger partial charge in [0.2, 0.25) is 0 Å². The van der Waals surface area contributed by atoms with Gasteiger partial charge in [-0.1, -0.05) is 11.8 Å². The summed E-state index contributed by atoms with van der Waals surface area (Å²) in [6.07, 6.45) is 3.84. The Labute approximate surface area is 126 Å². The van der Waals surface area contributed by atoms with E-state index in [1.54, 1.807) is 16.7 Å². The summed E-state index contributed by atoms with van der Waals surface area (Å²) in [4.78, 5) is 16.4. The van der Waals surface area contributed by atoms with Crippen molar-refractivity contribution in [3.8, 4) is 5.69 Å². The molecule has 0 atom stereocenters. The first kappa shape index (κ1) is 15.5. The smallest absolute Gasteiger partial charge is 0.269 e. The van der Waals surface area contributed by atoms with Gasteiger partial charge in [0.15, 0.2) is 5.16 Å². The second-order valence-corrected chi connectivity index (χ2v) is 5.05. The molecule has 0 bridgehead atoms. The number of nitrogens with zero attached hydrogens (tertiary/aromatic N) is 2. The van der Waals surface area contributed by atoms with Gasteiger partial charge in [-0.2, -0.15) is 0 Å². The lowest BCUT2D eigenvalue weighted by molar-refractivity contribution is 0.0944. The quantitative estimate of drug-likeness (QED) is 0.631. The molecule has 1 aromatic carbocycles. The lowest BCUT2D eigenvalue weighted by Crippen LogP contribution is -2.27. The highest BCUT2D eigenvalue weighted by Crippen LogP contribution is 2.21. The Bertz CT molecular complexity index is 613. The first-order valence-electron chi connectivity index (χ1n) is 6.44. The summed E-state index contributed by atoms with van der Waals surface area (Å²) in [5.74, 6) is -0.612. The van der Waals surface area contributed by atoms with Crippen molar-refractivity contribution in [1.29, 1.82) is 0 Å². The number of benzene rings is 1. The van der Waals surface area contributed by atoms with Gasteiger partial charge in [-0.15, -0.1) is 0 Å². The Hall–Kier alpha value is -1.86. The third-order valence-electron chi connectivity index (χ3n) is 2.85. The molecule has 0 saturated carbocycles. The fraction of sp³-hybridized carbons (Fsp3) is 0.286. The summed E-state index contributed by atoms with van der Waals surface area (Å²) in [6.45, 7) is 0.409. The first-order valence-corrected chi connectivity index (χ1v) is 7.66. The fourth-order valence-corrected chi connectivity index (χ4v) is 2.39. The van der Waals surface area contributed by atoms with E-state index < -0.39 is 0 Å². The zero-order chi connectivity index (χ0) is 15.2. The van der Waals surface area contributed by atoms with Crippen molar-refractivity contribution in [3.05, 3.63) is 42.0 Å². The molecule has 112 valence electrons. The van der Waals surface area contributed by atoms with E-state index in [0.29, 0.717) is 29.5 Å². The average Bonchev–Trinajstić information content (AvgIpc) is 2.92. The van der Waals surface area contributed by atoms with Crippen LogP contribution in [0, 0.1) is 5.82 Å². The van der Waals surface area contributed by atoms with Gasteiger partial charge >= 0.3 is 0 Å². The molecule has 1 heterocycles. The lowest BCUT2D eigenvalue weighted by Gasteiger charge is -2.11. The molecular formula is C14H16FN3O2S. The molecule has 0 saturated heterocycles. The largest absolute Gasteiger partial charge is 0.396 e. The van der Waals surface area contributed by atoms with Crippen molar-refractivity contribution in [2.24, 2.45) is 0 Å². The molecule has 2 rings (SSSR count). The van der Waals surface area contributed by atoms with Crippen LogP contribution in [0.1, 0.15) is 16.9 Å². The maximum absolute atomic E-state index is 13.0. The summed E-state index contributed by atoms with van der Waals surface area (Å²) in [6, 6.07) is 5.88. The van der Waals surface area contributed by atoms with Crippen LogP contribution in [-0.4, -0.2) is 40.0 Å². The summed E-state index contributed by atoms with van der Waals surface area (Å²) in [5.41, 5.74) is 1.05. The minimum absolute atomic E-state index is 0.0214. The summed E-state index contributed by atoms with van der Waals surface area (Å²) in [5, 5.41) is 12.1. The molecule has 0 radical (unpaired) electrons. The number of nitrogens with one attached hydrogen (secondary N) is 1. The number of aliphatic hydroxyl groups excluding tert-OH is 1. The summed E-state index contributed by atoms with van der Waals surface area (Å²) in [7, 11) is 0. The minimum Gasteiger partial charge on any atom is -0.396 e. The number of rotatable bonds is 6. The Morgan fingerprint density at radius 2 is 2.14 bits per heavy atom. The Kier molecular flexibility index (Phi) is 5.35. The highest BCUT2D eigenvalue weighted by molar-refractivity contribution is 7.98. The first-order chi connectivity index (χ1) is 10.2. The molecule has 0 spiro atoms. The van der Waals surface area contributed by atoms with E-state index in [2.05, 4.69) is 10.3 Å². The monoisotopic (exact) mass is 309 g/mol. The number of thioether (sulfide) groups is 1. The molecule has 5 nitrogen and oxygen atoms in total. The van der Waals surface area contributed by atoms with Crippen LogP contribution in [-0.2, 0) is 0 Å². The van der Waals surface area contributed by atoms with Gasteiger partial charge in [0, 0.05) is 18.8 Å². The van der Waals surface area contributed by atoms with Gasteiger partial charge < -0.3 is 10.4 Å². The number of imidazole rings is 1. The van der Waals surface area contributed by atoms with Gasteiger partial charge in [-0.3, -0.25) is 9.36 Å². The maximum atomic E-state index is 13.0. The topological polar surface area (TPSA) is 67.2 Å². The van der Waals surface area contributed by atoms with Crippen LogP contribution in [0.25, 0.3) is 5.69 Å². The fourth-order valence-electron chi connectivity index (χ4n) is 1.85. The highest BCUT2D eigenvalue weighted by Gasteiger charge is 2.17. The zero-order valence-corrected chi connectivity index (χ0v) is 12.4. The predicted octanol–water partition coefficient (Wildman–Crippen LogP) is 1.85. The van der Waals surface area contributed by atoms with Gasteiger partial charge in [0.1, 0.15) is 11.5 Å². The second-order valence-electron chi connectivity index (χ2n) is 4.28. The maximum Gasteiger partial charge on any atom is 0.269 e. The van der Waals surface area contributed by atoms with Crippen LogP contribution in [0.15, 0.2) is 35.6 Å². The van der Waals surface area contributed by atoms with Crippen molar-refractivity contribution in [2.75, 3.05) is 19.4 Å². The highest BCUT2D eigenvalue weighted by atomic mass is 32.2. The van der Waals surface area contributed by atoms with Crippen molar-refractivity contribution < 1.29 is 14.3 Å². The van der Waals surface area contributed by atoms with Crippen LogP contribution in [0.4, 0.5) is 4.39 Å². The number of hydrogen-bond acceptors (Lipinski definition) is 4. The number of amides is 1. The standard InChI is InChI=1S/C14H16FN3O2S/c1-21-14-17-9-12(13(20)16-7-2-8-19)18(14)11-5-3-10(15)4-6-11/h3-6,9,19H,2,7-8H2,1H3,(H,16,20). The zero-order valence-electron chi connectivity index (χ0n) is 11.5. The SMILES string of the molecule is CSc1ncc(C(=O)NCCCO)n1-c1ccc(F)cc1. The van der Waals surface area contributed by atoms with Crippen molar-refractivity contribution in [2.45, 2.75) is 11.6 Å². The number of aliphatic hydroxyl groups is 1. The van der Waals surface area contributed by atoms with Crippen molar-refractivity contribution >= 4 is 17.7 Å². The van der Waals surface area contributed by atoms with E-state index in [9.17, 15) is 9.18 Å². The number of carbonyl (C=O) groups excluding carboxylic acids is 1. The second kappa shape index (κ2) is 7.24. The molecule has 2 aromatic rings. The van der Waals surface area contributed by atoms with E-state index in [-0.39, 0.29) is 18.3 Å². The molecular weight excluding hydrogens is 293 g/mol.